The van der Waals surface area contributed by atoms with Crippen LogP contribution in [0.15, 0.2) is 30.5 Å². The van der Waals surface area contributed by atoms with Crippen molar-refractivity contribution in [2.45, 2.75) is 25.3 Å². The molecule has 0 aromatic heterocycles. The molecular formula is C13H13NO. The third-order valence-corrected chi connectivity index (χ3v) is 3.57. The van der Waals surface area contributed by atoms with Crippen LogP contribution in [0.4, 0.5) is 0 Å². The Balaban J connectivity index is 2.22. The Morgan fingerprint density at radius 2 is 2.13 bits per heavy atom. The largest absolute Gasteiger partial charge is 0.309 e. The number of rotatable bonds is 0. The Morgan fingerprint density at radius 3 is 3.00 bits per heavy atom. The molecule has 15 heavy (non-hydrogen) atoms. The zero-order valence-electron chi connectivity index (χ0n) is 8.73. The molecule has 1 aromatic carbocycles. The molecule has 0 saturated carbocycles. The second-order valence-electron chi connectivity index (χ2n) is 4.44. The van der Waals surface area contributed by atoms with E-state index in [2.05, 4.69) is 19.1 Å². The van der Waals surface area contributed by atoms with Crippen LogP contribution in [0.5, 0.6) is 0 Å². The molecule has 3 rings (SSSR count). The third-order valence-electron chi connectivity index (χ3n) is 3.57. The van der Waals surface area contributed by atoms with Gasteiger partial charge in [0.25, 0.3) is 0 Å². The summed E-state index contributed by atoms with van der Waals surface area (Å²) in [5, 5.41) is 0. The van der Waals surface area contributed by atoms with E-state index in [1.54, 1.807) is 0 Å². The number of nitrogens with zero attached hydrogens (tertiary/aromatic N) is 1. The van der Waals surface area contributed by atoms with E-state index in [1.165, 1.54) is 11.1 Å². The van der Waals surface area contributed by atoms with E-state index in [0.717, 1.165) is 6.42 Å². The van der Waals surface area contributed by atoms with Gasteiger partial charge in [0.15, 0.2) is 0 Å². The van der Waals surface area contributed by atoms with Gasteiger partial charge in [-0.1, -0.05) is 24.3 Å². The molecule has 2 heterocycles. The minimum Gasteiger partial charge on any atom is -0.309 e. The van der Waals surface area contributed by atoms with Crippen molar-refractivity contribution in [3.05, 3.63) is 41.6 Å². The molecule has 2 aliphatic heterocycles. The number of carbonyl (C=O) groups excluding carboxylic acids is 1. The first kappa shape index (κ1) is 8.72. The summed E-state index contributed by atoms with van der Waals surface area (Å²) in [7, 11) is 0. The van der Waals surface area contributed by atoms with Crippen LogP contribution in [0.25, 0.3) is 6.08 Å². The van der Waals surface area contributed by atoms with Crippen LogP contribution in [0, 0.1) is 0 Å². The van der Waals surface area contributed by atoms with Crippen molar-refractivity contribution >= 4 is 12.0 Å². The van der Waals surface area contributed by atoms with Gasteiger partial charge in [-0.3, -0.25) is 4.79 Å². The lowest BCUT2D eigenvalue weighted by molar-refractivity contribution is -0.128. The molecule has 0 N–H and O–H groups in total. The molecule has 1 aromatic rings. The Bertz CT molecular complexity index is 463. The van der Waals surface area contributed by atoms with Gasteiger partial charge < -0.3 is 4.90 Å². The molecule has 1 atom stereocenters. The summed E-state index contributed by atoms with van der Waals surface area (Å²) < 4.78 is 0. The quantitative estimate of drug-likeness (QED) is 0.628. The van der Waals surface area contributed by atoms with Crippen molar-refractivity contribution in [1.82, 2.24) is 4.90 Å². The maximum atomic E-state index is 11.7. The maximum Gasteiger partial charge on any atom is 0.227 e. The fourth-order valence-electron chi connectivity index (χ4n) is 2.67. The van der Waals surface area contributed by atoms with Gasteiger partial charge in [-0.25, -0.2) is 0 Å². The average molecular weight is 199 g/mol. The van der Waals surface area contributed by atoms with Crippen molar-refractivity contribution in [3.8, 4) is 0 Å². The van der Waals surface area contributed by atoms with Crippen LogP contribution >= 0.6 is 0 Å². The average Bonchev–Trinajstić information content (AvgIpc) is 2.56. The number of benzene rings is 1. The lowest BCUT2D eigenvalue weighted by Crippen LogP contribution is -2.39. The molecule has 1 saturated heterocycles. The molecule has 1 fully saturated rings. The number of carbonyl (C=O) groups is 1. The minimum atomic E-state index is -0.109. The van der Waals surface area contributed by atoms with Crippen LogP contribution in [-0.2, 0) is 10.3 Å². The van der Waals surface area contributed by atoms with Gasteiger partial charge in [0.2, 0.25) is 5.91 Å². The topological polar surface area (TPSA) is 20.3 Å². The highest BCUT2D eigenvalue weighted by Gasteiger charge is 2.44. The second-order valence-corrected chi connectivity index (χ2v) is 4.44. The van der Waals surface area contributed by atoms with Crippen LogP contribution in [0.3, 0.4) is 0 Å². The maximum absolute atomic E-state index is 11.7. The van der Waals surface area contributed by atoms with Gasteiger partial charge in [0.1, 0.15) is 0 Å². The Morgan fingerprint density at radius 1 is 1.33 bits per heavy atom. The summed E-state index contributed by atoms with van der Waals surface area (Å²) in [6, 6.07) is 8.32. The number of hydrogen-bond donors (Lipinski definition) is 0. The second kappa shape index (κ2) is 2.72. The van der Waals surface area contributed by atoms with Crippen molar-refractivity contribution in [3.63, 3.8) is 0 Å². The van der Waals surface area contributed by atoms with Crippen LogP contribution in [0.2, 0.25) is 0 Å². The fourth-order valence-corrected chi connectivity index (χ4v) is 2.67. The molecular weight excluding hydrogens is 186 g/mol. The van der Waals surface area contributed by atoms with Crippen LogP contribution < -0.4 is 0 Å². The zero-order valence-corrected chi connectivity index (χ0v) is 8.73. The van der Waals surface area contributed by atoms with Crippen LogP contribution in [-0.4, -0.2) is 10.8 Å². The van der Waals surface area contributed by atoms with E-state index in [-0.39, 0.29) is 11.4 Å². The molecule has 0 spiro atoms. The number of hydrogen-bond acceptors (Lipinski definition) is 1. The van der Waals surface area contributed by atoms with E-state index in [9.17, 15) is 4.79 Å². The fraction of sp³-hybridized carbons (Fsp3) is 0.308. The normalized spacial score (nSPS) is 27.8. The van der Waals surface area contributed by atoms with Gasteiger partial charge in [-0.2, -0.15) is 0 Å². The molecule has 2 nitrogen and oxygen atoms in total. The standard InChI is InChI=1S/C13H13NO/c1-13-8-6-12(15)14(13)9-7-10-4-2-3-5-11(10)13/h2-5,7,9H,6,8H2,1H3/t13-/m0/s1. The van der Waals surface area contributed by atoms with Crippen molar-refractivity contribution in [2.75, 3.05) is 0 Å². The van der Waals surface area contributed by atoms with Gasteiger partial charge >= 0.3 is 0 Å². The highest BCUT2D eigenvalue weighted by atomic mass is 16.2. The summed E-state index contributed by atoms with van der Waals surface area (Å²) in [5.41, 5.74) is 2.41. The number of fused-ring (bicyclic) bond motifs is 3. The first-order chi connectivity index (χ1) is 7.22. The summed E-state index contributed by atoms with van der Waals surface area (Å²) >= 11 is 0. The van der Waals surface area contributed by atoms with Gasteiger partial charge in [-0.05, 0) is 30.5 Å². The molecule has 0 bridgehead atoms. The summed E-state index contributed by atoms with van der Waals surface area (Å²) in [5.74, 6) is 0.239. The highest BCUT2D eigenvalue weighted by molar-refractivity contribution is 5.83. The smallest absolute Gasteiger partial charge is 0.227 e. The molecule has 1 amide bonds. The van der Waals surface area contributed by atoms with E-state index in [1.807, 2.05) is 29.3 Å². The van der Waals surface area contributed by atoms with Gasteiger partial charge in [0.05, 0.1) is 5.54 Å². The lowest BCUT2D eigenvalue weighted by Gasteiger charge is -2.37. The highest BCUT2D eigenvalue weighted by Crippen LogP contribution is 2.43. The van der Waals surface area contributed by atoms with Gasteiger partial charge in [0, 0.05) is 12.6 Å². The third kappa shape index (κ3) is 1.02. The monoisotopic (exact) mass is 199 g/mol. The number of amides is 1. The SMILES string of the molecule is C[C@@]12CCC(=O)N1C=Cc1ccccc12. The molecule has 0 aliphatic carbocycles. The van der Waals surface area contributed by atoms with Gasteiger partial charge in [-0.15, -0.1) is 0 Å². The van der Waals surface area contributed by atoms with E-state index in [0.29, 0.717) is 6.42 Å². The molecule has 0 unspecified atom stereocenters. The summed E-state index contributed by atoms with van der Waals surface area (Å²) in [4.78, 5) is 13.6. The predicted octanol–water partition coefficient (Wildman–Crippen LogP) is 2.51. The van der Waals surface area contributed by atoms with Crippen molar-refractivity contribution < 1.29 is 4.79 Å². The summed E-state index contributed by atoms with van der Waals surface area (Å²) in [6.07, 6.45) is 5.54. The van der Waals surface area contributed by atoms with Crippen molar-refractivity contribution in [2.24, 2.45) is 0 Å². The lowest BCUT2D eigenvalue weighted by atomic mass is 9.84. The van der Waals surface area contributed by atoms with Crippen molar-refractivity contribution in [1.29, 1.82) is 0 Å². The zero-order chi connectivity index (χ0) is 10.5. The van der Waals surface area contributed by atoms with Crippen LogP contribution in [0.1, 0.15) is 30.9 Å². The Labute approximate surface area is 89.2 Å². The van der Waals surface area contributed by atoms with E-state index < -0.39 is 0 Å². The first-order valence-corrected chi connectivity index (χ1v) is 5.32. The molecule has 2 heteroatoms. The Hall–Kier alpha value is -1.57. The summed E-state index contributed by atoms with van der Waals surface area (Å²) in [6.45, 7) is 2.15. The Kier molecular flexibility index (Phi) is 1.58. The predicted molar refractivity (Wildman–Crippen MR) is 58.9 cm³/mol. The molecule has 76 valence electrons. The van der Waals surface area contributed by atoms with E-state index >= 15 is 0 Å². The van der Waals surface area contributed by atoms with E-state index in [4.69, 9.17) is 0 Å². The molecule has 2 aliphatic rings. The minimum absolute atomic E-state index is 0.109. The first-order valence-electron chi connectivity index (χ1n) is 5.32. The molecule has 0 radical (unpaired) electrons.